The van der Waals surface area contributed by atoms with E-state index in [9.17, 15) is 8.42 Å². The van der Waals surface area contributed by atoms with Gasteiger partial charge >= 0.3 is 0 Å². The van der Waals surface area contributed by atoms with E-state index in [0.717, 1.165) is 5.39 Å². The Morgan fingerprint density at radius 2 is 1.91 bits per heavy atom. The number of nitrogens with one attached hydrogen (secondary N) is 1. The fourth-order valence-electron chi connectivity index (χ4n) is 2.95. The lowest BCUT2D eigenvalue weighted by Crippen LogP contribution is -2.41. The largest absolute Gasteiger partial charge is 0.341 e. The summed E-state index contributed by atoms with van der Waals surface area (Å²) in [5, 5.41) is 6.50. The molecular weight excluding hydrogens is 298 g/mol. The highest BCUT2D eigenvalue weighted by atomic mass is 32.2. The van der Waals surface area contributed by atoms with Gasteiger partial charge in [0.1, 0.15) is 5.65 Å². The molecule has 0 fully saturated rings. The number of H-pyrrole nitrogens is 1. The summed E-state index contributed by atoms with van der Waals surface area (Å²) in [6.07, 6.45) is 1.98. The average molecular weight is 315 g/mol. The fraction of sp³-hybridized carbons (Fsp3) is 0.188. The smallest absolute Gasteiger partial charge is 0.224 e. The maximum absolute atomic E-state index is 12.5. The minimum Gasteiger partial charge on any atom is -0.341 e. The molecule has 114 valence electrons. The van der Waals surface area contributed by atoms with Gasteiger partial charge in [0.15, 0.2) is 4.75 Å². The maximum Gasteiger partial charge on any atom is 0.224 e. The van der Waals surface area contributed by atoms with Gasteiger partial charge in [-0.3, -0.25) is 0 Å². The molecule has 0 radical (unpaired) electrons. The minimum atomic E-state index is -3.89. The zero-order valence-electron chi connectivity index (χ0n) is 12.2. The first-order valence-corrected chi connectivity index (χ1v) is 8.56. The second-order valence-electron chi connectivity index (χ2n) is 5.22. The Hall–Kier alpha value is -2.18. The minimum absolute atomic E-state index is 0.322. The van der Waals surface area contributed by atoms with Crippen molar-refractivity contribution in [2.24, 2.45) is 5.14 Å². The molecule has 0 saturated carbocycles. The van der Waals surface area contributed by atoms with Crippen molar-refractivity contribution in [3.05, 3.63) is 66.0 Å². The summed E-state index contributed by atoms with van der Waals surface area (Å²) < 4.78 is 23.7. The molecule has 1 unspecified atom stereocenters. The summed E-state index contributed by atoms with van der Waals surface area (Å²) in [6.45, 7) is 1.82. The number of nitrogens with two attached hydrogens (primary N) is 1. The number of aromatic amines is 1. The van der Waals surface area contributed by atoms with Crippen molar-refractivity contribution in [2.45, 2.75) is 18.1 Å². The summed E-state index contributed by atoms with van der Waals surface area (Å²) in [7, 11) is -3.89. The summed E-state index contributed by atoms with van der Waals surface area (Å²) in [5.41, 5.74) is 1.83. The standard InChI is InChI=1S/C16H17N3O2S/c1-2-16(22(17,20)21,13-8-4-3-5-9-13)14-11-12-7-6-10-18-15(12)19-14/h3-11H,2H2,1H3,(H,18,19)(H2,17,20,21). The molecule has 1 atom stereocenters. The van der Waals surface area contributed by atoms with Crippen LogP contribution in [0.3, 0.4) is 0 Å². The van der Waals surface area contributed by atoms with Gasteiger partial charge < -0.3 is 4.98 Å². The highest BCUT2D eigenvalue weighted by Crippen LogP contribution is 2.39. The molecule has 6 heteroatoms. The molecule has 0 spiro atoms. The van der Waals surface area contributed by atoms with Gasteiger partial charge in [-0.25, -0.2) is 18.5 Å². The van der Waals surface area contributed by atoms with E-state index in [1.807, 2.05) is 43.3 Å². The molecule has 5 nitrogen and oxygen atoms in total. The fourth-order valence-corrected chi connectivity index (χ4v) is 4.23. The normalized spacial score (nSPS) is 14.8. The number of hydrogen-bond donors (Lipinski definition) is 2. The third-order valence-corrected chi connectivity index (χ3v) is 5.77. The number of pyridine rings is 1. The Labute approximate surface area is 129 Å². The van der Waals surface area contributed by atoms with Crippen molar-refractivity contribution in [1.82, 2.24) is 9.97 Å². The maximum atomic E-state index is 12.5. The first kappa shape index (κ1) is 14.7. The number of rotatable bonds is 4. The molecule has 0 aliphatic carbocycles. The van der Waals surface area contributed by atoms with E-state index in [4.69, 9.17) is 5.14 Å². The molecule has 2 aromatic heterocycles. The first-order chi connectivity index (χ1) is 10.5. The van der Waals surface area contributed by atoms with Gasteiger partial charge in [0.2, 0.25) is 10.0 Å². The van der Waals surface area contributed by atoms with Gasteiger partial charge in [0.25, 0.3) is 0 Å². The number of nitrogens with zero attached hydrogens (tertiary/aromatic N) is 1. The lowest BCUT2D eigenvalue weighted by molar-refractivity contribution is 0.543. The highest BCUT2D eigenvalue weighted by Gasteiger charge is 2.44. The van der Waals surface area contributed by atoms with Crippen LogP contribution < -0.4 is 5.14 Å². The lowest BCUT2D eigenvalue weighted by atomic mass is 9.92. The molecule has 3 rings (SSSR count). The van der Waals surface area contributed by atoms with Gasteiger partial charge in [-0.1, -0.05) is 37.3 Å². The third-order valence-electron chi connectivity index (χ3n) is 4.05. The Morgan fingerprint density at radius 1 is 1.18 bits per heavy atom. The van der Waals surface area contributed by atoms with Crippen LogP contribution in [0.2, 0.25) is 0 Å². The van der Waals surface area contributed by atoms with Crippen molar-refractivity contribution in [2.75, 3.05) is 0 Å². The zero-order chi connectivity index (χ0) is 15.8. The van der Waals surface area contributed by atoms with Crippen LogP contribution in [0.15, 0.2) is 54.7 Å². The quantitative estimate of drug-likeness (QED) is 0.775. The van der Waals surface area contributed by atoms with Crippen LogP contribution in [-0.4, -0.2) is 18.4 Å². The molecule has 22 heavy (non-hydrogen) atoms. The van der Waals surface area contributed by atoms with E-state index in [2.05, 4.69) is 9.97 Å². The topological polar surface area (TPSA) is 88.8 Å². The Bertz CT molecular complexity index is 870. The monoisotopic (exact) mass is 315 g/mol. The van der Waals surface area contributed by atoms with E-state index >= 15 is 0 Å². The van der Waals surface area contributed by atoms with Gasteiger partial charge in [0.05, 0.1) is 0 Å². The molecule has 2 heterocycles. The summed E-state index contributed by atoms with van der Waals surface area (Å²) >= 11 is 0. The van der Waals surface area contributed by atoms with Crippen LogP contribution >= 0.6 is 0 Å². The van der Waals surface area contributed by atoms with Crippen LogP contribution in [0.25, 0.3) is 11.0 Å². The van der Waals surface area contributed by atoms with Crippen molar-refractivity contribution in [1.29, 1.82) is 0 Å². The predicted molar refractivity (Wildman–Crippen MR) is 86.7 cm³/mol. The number of hydrogen-bond acceptors (Lipinski definition) is 3. The zero-order valence-corrected chi connectivity index (χ0v) is 13.0. The van der Waals surface area contributed by atoms with Crippen LogP contribution in [0.1, 0.15) is 24.6 Å². The van der Waals surface area contributed by atoms with E-state index in [-0.39, 0.29) is 0 Å². The third kappa shape index (κ3) is 2.12. The van der Waals surface area contributed by atoms with E-state index in [1.54, 1.807) is 18.3 Å². The molecule has 1 aromatic carbocycles. The Balaban J connectivity index is 2.35. The molecule has 0 aliphatic rings. The van der Waals surface area contributed by atoms with Gasteiger partial charge in [-0.2, -0.15) is 0 Å². The molecule has 3 aromatic rings. The van der Waals surface area contributed by atoms with Crippen molar-refractivity contribution in [3.63, 3.8) is 0 Å². The molecular formula is C16H17N3O2S. The number of fused-ring (bicyclic) bond motifs is 1. The highest BCUT2D eigenvalue weighted by molar-refractivity contribution is 7.90. The van der Waals surface area contributed by atoms with Crippen molar-refractivity contribution >= 4 is 21.1 Å². The second kappa shape index (κ2) is 5.23. The molecule has 0 bridgehead atoms. The summed E-state index contributed by atoms with van der Waals surface area (Å²) in [6, 6.07) is 14.5. The first-order valence-electron chi connectivity index (χ1n) is 7.01. The SMILES string of the molecule is CCC(c1ccccc1)(c1cc2cccnc2[nH]1)S(N)(=O)=O. The van der Waals surface area contributed by atoms with Crippen LogP contribution in [0.4, 0.5) is 0 Å². The van der Waals surface area contributed by atoms with E-state index in [1.165, 1.54) is 0 Å². The van der Waals surface area contributed by atoms with Crippen LogP contribution in [-0.2, 0) is 14.8 Å². The predicted octanol–water partition coefficient (Wildman–Crippen LogP) is 2.50. The number of primary sulfonamides is 1. The van der Waals surface area contributed by atoms with Crippen LogP contribution in [0.5, 0.6) is 0 Å². The molecule has 0 amide bonds. The van der Waals surface area contributed by atoms with Crippen molar-refractivity contribution < 1.29 is 8.42 Å². The molecule has 3 N–H and O–H groups in total. The number of sulfonamides is 1. The lowest BCUT2D eigenvalue weighted by Gasteiger charge is -2.30. The Kier molecular flexibility index (Phi) is 3.50. The average Bonchev–Trinajstić information content (AvgIpc) is 2.92. The molecule has 0 saturated heterocycles. The Morgan fingerprint density at radius 3 is 2.50 bits per heavy atom. The van der Waals surface area contributed by atoms with Crippen LogP contribution in [0, 0.1) is 0 Å². The summed E-state index contributed by atoms with van der Waals surface area (Å²) in [5.74, 6) is 0. The summed E-state index contributed by atoms with van der Waals surface area (Å²) in [4.78, 5) is 7.36. The van der Waals surface area contributed by atoms with Gasteiger partial charge in [0, 0.05) is 17.3 Å². The van der Waals surface area contributed by atoms with E-state index in [0.29, 0.717) is 23.3 Å². The van der Waals surface area contributed by atoms with Crippen molar-refractivity contribution in [3.8, 4) is 0 Å². The van der Waals surface area contributed by atoms with Gasteiger partial charge in [-0.05, 0) is 30.2 Å². The van der Waals surface area contributed by atoms with E-state index < -0.39 is 14.8 Å². The number of benzene rings is 1. The number of aromatic nitrogens is 2. The molecule has 0 aliphatic heterocycles. The van der Waals surface area contributed by atoms with Gasteiger partial charge in [-0.15, -0.1) is 0 Å². The second-order valence-corrected chi connectivity index (χ2v) is 7.00.